The molecule has 0 radical (unpaired) electrons. The van der Waals surface area contributed by atoms with Gasteiger partial charge in [0.25, 0.3) is 0 Å². The van der Waals surface area contributed by atoms with Crippen LogP contribution < -0.4 is 0 Å². The standard InChI is InChI=1S/C21H25N3O3S/c1-5-16-6-8-18(9-7-16)21-22-20(27-23-21)14-24(3)15(2)17-10-12-19(13-11-17)28(4,25)26/h6-13,15H,5,14H2,1-4H3. The van der Waals surface area contributed by atoms with Crippen LogP contribution >= 0.6 is 0 Å². The van der Waals surface area contributed by atoms with E-state index >= 15 is 0 Å². The fourth-order valence-corrected chi connectivity index (χ4v) is 3.55. The maximum Gasteiger partial charge on any atom is 0.241 e. The summed E-state index contributed by atoms with van der Waals surface area (Å²) in [6.45, 7) is 4.67. The summed E-state index contributed by atoms with van der Waals surface area (Å²) < 4.78 is 28.6. The van der Waals surface area contributed by atoms with Crippen molar-refractivity contribution in [3.63, 3.8) is 0 Å². The van der Waals surface area contributed by atoms with Crippen LogP contribution in [0, 0.1) is 0 Å². The highest BCUT2D eigenvalue weighted by Gasteiger charge is 2.17. The van der Waals surface area contributed by atoms with Crippen molar-refractivity contribution in [3.05, 3.63) is 65.5 Å². The predicted octanol–water partition coefficient (Wildman–Crippen LogP) is 3.90. The SMILES string of the molecule is CCc1ccc(-c2noc(CN(C)C(C)c3ccc(S(C)(=O)=O)cc3)n2)cc1. The quantitative estimate of drug-likeness (QED) is 0.600. The zero-order valence-electron chi connectivity index (χ0n) is 16.6. The molecule has 1 unspecified atom stereocenters. The molecule has 0 spiro atoms. The normalized spacial score (nSPS) is 13.0. The van der Waals surface area contributed by atoms with E-state index in [0.717, 1.165) is 17.5 Å². The van der Waals surface area contributed by atoms with E-state index in [1.165, 1.54) is 11.8 Å². The minimum absolute atomic E-state index is 0.0628. The lowest BCUT2D eigenvalue weighted by Crippen LogP contribution is -2.22. The van der Waals surface area contributed by atoms with Gasteiger partial charge in [-0.3, -0.25) is 4.90 Å². The summed E-state index contributed by atoms with van der Waals surface area (Å²) in [7, 11) is -1.22. The summed E-state index contributed by atoms with van der Waals surface area (Å²) >= 11 is 0. The lowest BCUT2D eigenvalue weighted by molar-refractivity contribution is 0.216. The number of nitrogens with zero attached hydrogens (tertiary/aromatic N) is 3. The molecule has 0 bridgehead atoms. The third-order valence-electron chi connectivity index (χ3n) is 4.92. The Balaban J connectivity index is 1.68. The van der Waals surface area contributed by atoms with Gasteiger partial charge in [-0.1, -0.05) is 48.5 Å². The zero-order valence-corrected chi connectivity index (χ0v) is 17.4. The van der Waals surface area contributed by atoms with Crippen LogP contribution in [0.4, 0.5) is 0 Å². The number of sulfone groups is 1. The Morgan fingerprint density at radius 2 is 1.71 bits per heavy atom. The van der Waals surface area contributed by atoms with Crippen LogP contribution in [0.3, 0.4) is 0 Å². The van der Waals surface area contributed by atoms with E-state index in [0.29, 0.717) is 23.2 Å². The van der Waals surface area contributed by atoms with Gasteiger partial charge in [0.1, 0.15) is 0 Å². The van der Waals surface area contributed by atoms with E-state index in [4.69, 9.17) is 4.52 Å². The minimum atomic E-state index is -3.19. The molecule has 0 amide bonds. The molecule has 0 N–H and O–H groups in total. The second kappa shape index (κ2) is 8.24. The van der Waals surface area contributed by atoms with Crippen molar-refractivity contribution in [1.29, 1.82) is 0 Å². The first-order chi connectivity index (χ1) is 13.3. The van der Waals surface area contributed by atoms with Crippen molar-refractivity contribution in [2.75, 3.05) is 13.3 Å². The maximum atomic E-state index is 11.6. The molecule has 0 saturated heterocycles. The first-order valence-electron chi connectivity index (χ1n) is 9.20. The Bertz CT molecular complexity index is 1030. The number of benzene rings is 2. The van der Waals surface area contributed by atoms with Crippen molar-refractivity contribution >= 4 is 9.84 Å². The lowest BCUT2D eigenvalue weighted by Gasteiger charge is -2.23. The second-order valence-electron chi connectivity index (χ2n) is 6.99. The van der Waals surface area contributed by atoms with Crippen LogP contribution in [0.1, 0.15) is 36.9 Å². The molecule has 3 rings (SSSR count). The van der Waals surface area contributed by atoms with E-state index in [9.17, 15) is 8.42 Å². The molecule has 0 aliphatic carbocycles. The average Bonchev–Trinajstić information content (AvgIpc) is 3.15. The van der Waals surface area contributed by atoms with Crippen LogP contribution in [0.5, 0.6) is 0 Å². The topological polar surface area (TPSA) is 76.3 Å². The van der Waals surface area contributed by atoms with Gasteiger partial charge in [0.15, 0.2) is 9.84 Å². The van der Waals surface area contributed by atoms with E-state index in [1.54, 1.807) is 12.1 Å². The molecule has 148 valence electrons. The van der Waals surface area contributed by atoms with Crippen LogP contribution in [-0.4, -0.2) is 36.8 Å². The highest BCUT2D eigenvalue weighted by atomic mass is 32.2. The molecule has 1 atom stereocenters. The smallest absolute Gasteiger partial charge is 0.241 e. The van der Waals surface area contributed by atoms with Gasteiger partial charge in [0.05, 0.1) is 11.4 Å². The van der Waals surface area contributed by atoms with Crippen LogP contribution in [-0.2, 0) is 22.8 Å². The van der Waals surface area contributed by atoms with Crippen LogP contribution in [0.15, 0.2) is 57.9 Å². The van der Waals surface area contributed by atoms with Gasteiger partial charge in [0.2, 0.25) is 11.7 Å². The zero-order chi connectivity index (χ0) is 20.3. The summed E-state index contributed by atoms with van der Waals surface area (Å²) in [5.74, 6) is 1.12. The van der Waals surface area contributed by atoms with Gasteiger partial charge < -0.3 is 4.52 Å². The molecular weight excluding hydrogens is 374 g/mol. The van der Waals surface area contributed by atoms with E-state index < -0.39 is 9.84 Å². The number of rotatable bonds is 7. The molecule has 0 saturated carbocycles. The summed E-state index contributed by atoms with van der Waals surface area (Å²) in [6, 6.07) is 15.2. The third kappa shape index (κ3) is 4.66. The molecule has 6 nitrogen and oxygen atoms in total. The van der Waals surface area contributed by atoms with Gasteiger partial charge in [-0.25, -0.2) is 8.42 Å². The van der Waals surface area contributed by atoms with Crippen LogP contribution in [0.25, 0.3) is 11.4 Å². The van der Waals surface area contributed by atoms with Gasteiger partial charge in [-0.15, -0.1) is 0 Å². The largest absolute Gasteiger partial charge is 0.338 e. The molecule has 0 aliphatic heterocycles. The Kier molecular flexibility index (Phi) is 5.96. The molecular formula is C21H25N3O3S. The van der Waals surface area contributed by atoms with Crippen molar-refractivity contribution in [2.24, 2.45) is 0 Å². The van der Waals surface area contributed by atoms with Crippen molar-refractivity contribution in [1.82, 2.24) is 15.0 Å². The third-order valence-corrected chi connectivity index (χ3v) is 6.05. The van der Waals surface area contributed by atoms with E-state index in [1.807, 2.05) is 31.3 Å². The monoisotopic (exact) mass is 399 g/mol. The van der Waals surface area contributed by atoms with E-state index in [2.05, 4.69) is 41.0 Å². The van der Waals surface area contributed by atoms with Gasteiger partial charge in [-0.2, -0.15) is 4.98 Å². The number of hydrogen-bond acceptors (Lipinski definition) is 6. The Morgan fingerprint density at radius 3 is 2.29 bits per heavy atom. The lowest BCUT2D eigenvalue weighted by atomic mass is 10.1. The maximum absolute atomic E-state index is 11.6. The Morgan fingerprint density at radius 1 is 1.07 bits per heavy atom. The molecule has 2 aromatic carbocycles. The highest BCUT2D eigenvalue weighted by molar-refractivity contribution is 7.90. The fraction of sp³-hybridized carbons (Fsp3) is 0.333. The van der Waals surface area contributed by atoms with Crippen molar-refractivity contribution in [3.8, 4) is 11.4 Å². The Hall–Kier alpha value is -2.51. The molecule has 7 heteroatoms. The molecule has 1 heterocycles. The van der Waals surface area contributed by atoms with Crippen molar-refractivity contribution < 1.29 is 12.9 Å². The summed E-state index contributed by atoms with van der Waals surface area (Å²) in [5, 5.41) is 4.09. The highest BCUT2D eigenvalue weighted by Crippen LogP contribution is 2.23. The van der Waals surface area contributed by atoms with Gasteiger partial charge in [-0.05, 0) is 43.7 Å². The molecule has 3 aromatic rings. The minimum Gasteiger partial charge on any atom is -0.338 e. The predicted molar refractivity (Wildman–Crippen MR) is 109 cm³/mol. The van der Waals surface area contributed by atoms with E-state index in [-0.39, 0.29) is 6.04 Å². The fourth-order valence-electron chi connectivity index (χ4n) is 2.92. The van der Waals surface area contributed by atoms with Gasteiger partial charge >= 0.3 is 0 Å². The van der Waals surface area contributed by atoms with Gasteiger partial charge in [0, 0.05) is 17.9 Å². The summed E-state index contributed by atoms with van der Waals surface area (Å²) in [4.78, 5) is 6.90. The first-order valence-corrected chi connectivity index (χ1v) is 11.1. The molecule has 0 fully saturated rings. The molecule has 0 aliphatic rings. The summed E-state index contributed by atoms with van der Waals surface area (Å²) in [5.41, 5.74) is 3.21. The molecule has 1 aromatic heterocycles. The number of aryl methyl sites for hydroxylation is 1. The molecule has 28 heavy (non-hydrogen) atoms. The average molecular weight is 400 g/mol. The number of hydrogen-bond donors (Lipinski definition) is 0. The van der Waals surface area contributed by atoms with Crippen LogP contribution in [0.2, 0.25) is 0 Å². The number of aromatic nitrogens is 2. The first kappa shape index (κ1) is 20.2. The van der Waals surface area contributed by atoms with Crippen molar-refractivity contribution in [2.45, 2.75) is 37.8 Å². The summed E-state index contributed by atoms with van der Waals surface area (Å²) in [6.07, 6.45) is 2.20. The second-order valence-corrected chi connectivity index (χ2v) is 9.01. The Labute approximate surface area is 166 Å².